The Morgan fingerprint density at radius 1 is 1.12 bits per heavy atom. The summed E-state index contributed by atoms with van der Waals surface area (Å²) in [4.78, 5) is 0. The summed E-state index contributed by atoms with van der Waals surface area (Å²) in [5.74, 6) is -1.46. The number of halogens is 7. The van der Waals surface area contributed by atoms with Gasteiger partial charge in [-0.2, -0.15) is 13.2 Å². The Hall–Kier alpha value is -0.230. The summed E-state index contributed by atoms with van der Waals surface area (Å²) in [7, 11) is 0. The first-order chi connectivity index (χ1) is 7.53. The number of alkyl halides is 6. The predicted molar refractivity (Wildman–Crippen MR) is 56.7 cm³/mol. The van der Waals surface area contributed by atoms with Crippen molar-refractivity contribution in [2.24, 2.45) is 0 Å². The monoisotopic (exact) mass is 310 g/mol. The van der Waals surface area contributed by atoms with E-state index in [2.05, 4.69) is 0 Å². The van der Waals surface area contributed by atoms with E-state index in [1.807, 2.05) is 0 Å². The minimum atomic E-state index is -4.88. The van der Waals surface area contributed by atoms with Gasteiger partial charge in [-0.3, -0.25) is 0 Å². The van der Waals surface area contributed by atoms with Gasteiger partial charge in [-0.05, 0) is 17.7 Å². The fourth-order valence-corrected chi connectivity index (χ4v) is 1.50. The van der Waals surface area contributed by atoms with E-state index in [9.17, 15) is 22.7 Å². The molecule has 0 bridgehead atoms. The molecule has 1 N–H and O–H groups in total. The van der Waals surface area contributed by atoms with Crippen LogP contribution in [0.2, 0.25) is 0 Å². The number of rotatable bonds is 1. The minimum Gasteiger partial charge on any atom is -0.384 e. The van der Waals surface area contributed by atoms with E-state index in [1.54, 1.807) is 0 Å². The van der Waals surface area contributed by atoms with Crippen LogP contribution in [0, 0.1) is 5.82 Å². The lowest BCUT2D eigenvalue weighted by atomic mass is 10.1. The highest BCUT2D eigenvalue weighted by Crippen LogP contribution is 2.41. The molecular weight excluding hydrogens is 306 g/mol. The lowest BCUT2D eigenvalue weighted by Gasteiger charge is -2.20. The van der Waals surface area contributed by atoms with Crippen molar-refractivity contribution in [2.45, 2.75) is 16.1 Å². The zero-order valence-corrected chi connectivity index (χ0v) is 10.2. The molecule has 0 radical (unpaired) electrons. The quantitative estimate of drug-likeness (QED) is 0.607. The molecule has 0 spiro atoms. The van der Waals surface area contributed by atoms with Crippen molar-refractivity contribution in [3.8, 4) is 0 Å². The average Bonchev–Trinajstić information content (AvgIpc) is 2.14. The molecule has 1 atom stereocenters. The number of hydrogen-bond acceptors (Lipinski definition) is 1. The van der Waals surface area contributed by atoms with Crippen LogP contribution in [0.5, 0.6) is 0 Å². The average molecular weight is 311 g/mol. The third-order valence-electron chi connectivity index (χ3n) is 1.92. The molecule has 1 unspecified atom stereocenters. The van der Waals surface area contributed by atoms with Gasteiger partial charge in [0.15, 0.2) is 0 Å². The summed E-state index contributed by atoms with van der Waals surface area (Å²) in [6.07, 6.45) is -6.66. The van der Waals surface area contributed by atoms with E-state index in [4.69, 9.17) is 34.8 Å². The van der Waals surface area contributed by atoms with Crippen LogP contribution in [0.3, 0.4) is 0 Å². The first kappa shape index (κ1) is 14.8. The molecule has 1 aromatic carbocycles. The zero-order chi connectivity index (χ0) is 13.4. The number of aliphatic hydroxyl groups is 1. The maximum atomic E-state index is 12.9. The normalized spacial score (nSPS) is 14.8. The van der Waals surface area contributed by atoms with E-state index in [0.29, 0.717) is 12.1 Å². The van der Waals surface area contributed by atoms with Gasteiger partial charge in [0.1, 0.15) is 11.9 Å². The van der Waals surface area contributed by atoms with E-state index >= 15 is 0 Å². The van der Waals surface area contributed by atoms with Gasteiger partial charge in [-0.25, -0.2) is 4.39 Å². The fraction of sp³-hybridized carbons (Fsp3) is 0.333. The molecule has 8 heteroatoms. The Labute approximate surface area is 109 Å². The van der Waals surface area contributed by atoms with Gasteiger partial charge < -0.3 is 5.11 Å². The molecule has 0 heterocycles. The van der Waals surface area contributed by atoms with Crippen LogP contribution >= 0.6 is 34.8 Å². The molecular formula is C9H5Cl3F4O. The van der Waals surface area contributed by atoms with Crippen molar-refractivity contribution in [2.75, 3.05) is 0 Å². The highest BCUT2D eigenvalue weighted by atomic mass is 35.6. The van der Waals surface area contributed by atoms with Crippen molar-refractivity contribution < 1.29 is 22.7 Å². The first-order valence-electron chi connectivity index (χ1n) is 4.15. The second kappa shape index (κ2) is 4.80. The maximum absolute atomic E-state index is 12.9. The van der Waals surface area contributed by atoms with Gasteiger partial charge in [0.05, 0.1) is 5.56 Å². The van der Waals surface area contributed by atoms with Gasteiger partial charge in [0, 0.05) is 0 Å². The largest absolute Gasteiger partial charge is 0.419 e. The summed E-state index contributed by atoms with van der Waals surface area (Å²) in [5, 5.41) is 9.45. The first-order valence-corrected chi connectivity index (χ1v) is 5.28. The molecule has 0 aliphatic carbocycles. The molecule has 96 valence electrons. The van der Waals surface area contributed by atoms with E-state index in [0.717, 1.165) is 6.07 Å². The van der Waals surface area contributed by atoms with Crippen LogP contribution in [-0.4, -0.2) is 8.90 Å². The Morgan fingerprint density at radius 2 is 1.65 bits per heavy atom. The van der Waals surface area contributed by atoms with Crippen LogP contribution in [-0.2, 0) is 6.18 Å². The van der Waals surface area contributed by atoms with Crippen LogP contribution < -0.4 is 0 Å². The topological polar surface area (TPSA) is 20.2 Å². The van der Waals surface area contributed by atoms with Gasteiger partial charge in [0.25, 0.3) is 0 Å². The third-order valence-corrected chi connectivity index (χ3v) is 2.54. The molecule has 0 amide bonds. The molecule has 17 heavy (non-hydrogen) atoms. The van der Waals surface area contributed by atoms with Crippen molar-refractivity contribution >= 4 is 34.8 Å². The summed E-state index contributed by atoms with van der Waals surface area (Å²) in [5.41, 5.74) is -1.86. The maximum Gasteiger partial charge on any atom is 0.419 e. The van der Waals surface area contributed by atoms with Crippen LogP contribution in [0.4, 0.5) is 17.6 Å². The molecule has 1 rings (SSSR count). The van der Waals surface area contributed by atoms with Crippen molar-refractivity contribution in [3.63, 3.8) is 0 Å². The van der Waals surface area contributed by atoms with Gasteiger partial charge in [0.2, 0.25) is 3.79 Å². The van der Waals surface area contributed by atoms with E-state index < -0.39 is 27.5 Å². The summed E-state index contributed by atoms with van der Waals surface area (Å²) in [6, 6.07) is 1.87. The van der Waals surface area contributed by atoms with Gasteiger partial charge in [-0.1, -0.05) is 40.9 Å². The lowest BCUT2D eigenvalue weighted by Crippen LogP contribution is -2.18. The highest BCUT2D eigenvalue weighted by Gasteiger charge is 2.37. The lowest BCUT2D eigenvalue weighted by molar-refractivity contribution is -0.140. The van der Waals surface area contributed by atoms with Gasteiger partial charge in [-0.15, -0.1) is 0 Å². The zero-order valence-electron chi connectivity index (χ0n) is 7.90. The SMILES string of the molecule is OC(c1ccc(F)c(C(F)(F)F)c1)C(Cl)(Cl)Cl. The summed E-state index contributed by atoms with van der Waals surface area (Å²) >= 11 is 16.0. The van der Waals surface area contributed by atoms with Crippen molar-refractivity contribution in [3.05, 3.63) is 35.1 Å². The molecule has 0 aliphatic rings. The molecule has 0 fully saturated rings. The number of benzene rings is 1. The van der Waals surface area contributed by atoms with Crippen LogP contribution in [0.25, 0.3) is 0 Å². The Morgan fingerprint density at radius 3 is 2.06 bits per heavy atom. The van der Waals surface area contributed by atoms with Crippen molar-refractivity contribution in [1.29, 1.82) is 0 Å². The molecule has 1 aromatic rings. The third kappa shape index (κ3) is 3.61. The summed E-state index contributed by atoms with van der Waals surface area (Å²) < 4.78 is 47.8. The van der Waals surface area contributed by atoms with Crippen molar-refractivity contribution in [1.82, 2.24) is 0 Å². The Kier molecular flexibility index (Phi) is 4.19. The number of hydrogen-bond donors (Lipinski definition) is 1. The smallest absolute Gasteiger partial charge is 0.384 e. The van der Waals surface area contributed by atoms with Gasteiger partial charge >= 0.3 is 6.18 Å². The van der Waals surface area contributed by atoms with Crippen LogP contribution in [0.15, 0.2) is 18.2 Å². The second-order valence-electron chi connectivity index (χ2n) is 3.18. The molecule has 0 saturated carbocycles. The minimum absolute atomic E-state index is 0.335. The van der Waals surface area contributed by atoms with E-state index in [1.165, 1.54) is 0 Å². The van der Waals surface area contributed by atoms with Crippen LogP contribution in [0.1, 0.15) is 17.2 Å². The fourth-order valence-electron chi connectivity index (χ4n) is 1.12. The number of aliphatic hydroxyl groups excluding tert-OH is 1. The standard InChI is InChI=1S/C9H5Cl3F4O/c10-8(11,12)7(17)4-1-2-6(13)5(3-4)9(14,15)16/h1-3,7,17H. The molecule has 1 nitrogen and oxygen atoms in total. The summed E-state index contributed by atoms with van der Waals surface area (Å²) in [6.45, 7) is 0. The molecule has 0 saturated heterocycles. The predicted octanol–water partition coefficient (Wildman–Crippen LogP) is 4.25. The molecule has 0 aliphatic heterocycles. The van der Waals surface area contributed by atoms with E-state index in [-0.39, 0.29) is 5.56 Å². The Balaban J connectivity index is 3.23. The second-order valence-corrected chi connectivity index (χ2v) is 5.55. The highest BCUT2D eigenvalue weighted by molar-refractivity contribution is 6.68. The Bertz CT molecular complexity index is 414. The molecule has 0 aromatic heterocycles.